The third-order valence-corrected chi connectivity index (χ3v) is 4.81. The summed E-state index contributed by atoms with van der Waals surface area (Å²) >= 11 is 0. The Morgan fingerprint density at radius 1 is 1.29 bits per heavy atom. The lowest BCUT2D eigenvalue weighted by molar-refractivity contribution is 0.443. The van der Waals surface area contributed by atoms with Gasteiger partial charge in [0.05, 0.1) is 11.4 Å². The van der Waals surface area contributed by atoms with E-state index < -0.39 is 5.82 Å². The average Bonchev–Trinajstić information content (AvgIpc) is 2.71. The Morgan fingerprint density at radius 3 is 2.79 bits per heavy atom. The van der Waals surface area contributed by atoms with Crippen LogP contribution in [-0.4, -0.2) is 23.2 Å². The van der Waals surface area contributed by atoms with Gasteiger partial charge < -0.3 is 22.1 Å². The number of allylic oxidation sites excluding steroid dienone is 1. The summed E-state index contributed by atoms with van der Waals surface area (Å²) in [6, 6.07) is 4.42. The van der Waals surface area contributed by atoms with E-state index in [0.717, 1.165) is 18.4 Å². The van der Waals surface area contributed by atoms with Gasteiger partial charge in [0.2, 0.25) is 5.95 Å². The molecule has 3 rings (SSSR count). The molecule has 0 spiro atoms. The lowest BCUT2D eigenvalue weighted by Crippen LogP contribution is -2.13. The SMILES string of the molecule is CN=C/C(=C\N)Nc1ncc(C2CCCCC2)c(Nc2cc(N)ccc2F)n1. The predicted octanol–water partition coefficient (Wildman–Crippen LogP) is 3.90. The molecule has 0 aliphatic heterocycles. The Hall–Kier alpha value is -3.16. The van der Waals surface area contributed by atoms with Gasteiger partial charge in [0, 0.05) is 36.9 Å². The molecule has 1 saturated carbocycles. The van der Waals surface area contributed by atoms with Crippen LogP contribution in [0.3, 0.4) is 0 Å². The van der Waals surface area contributed by atoms with Crippen LogP contribution >= 0.6 is 0 Å². The quantitative estimate of drug-likeness (QED) is 0.444. The van der Waals surface area contributed by atoms with Crippen LogP contribution in [0.5, 0.6) is 0 Å². The second kappa shape index (κ2) is 9.16. The minimum Gasteiger partial charge on any atom is -0.403 e. The number of hydrogen-bond acceptors (Lipinski definition) is 7. The predicted molar refractivity (Wildman–Crippen MR) is 112 cm³/mol. The Bertz CT molecular complexity index is 873. The fraction of sp³-hybridized carbons (Fsp3) is 0.350. The van der Waals surface area contributed by atoms with Crippen LogP contribution in [0, 0.1) is 5.82 Å². The van der Waals surface area contributed by atoms with Gasteiger partial charge in [-0.2, -0.15) is 4.98 Å². The molecule has 0 bridgehead atoms. The molecule has 1 heterocycles. The standard InChI is InChI=1S/C20H26FN7/c1-24-11-15(10-22)26-20-25-12-16(13-5-3-2-4-6-13)19(28-20)27-18-9-14(23)7-8-17(18)21/h7-13H,2-6,22-23H2,1H3,(H2,25,26,27,28)/b15-10+,24-11?. The van der Waals surface area contributed by atoms with Crippen molar-refractivity contribution in [1.29, 1.82) is 0 Å². The van der Waals surface area contributed by atoms with E-state index in [2.05, 4.69) is 25.6 Å². The Balaban J connectivity index is 1.96. The zero-order chi connectivity index (χ0) is 19.9. The summed E-state index contributed by atoms with van der Waals surface area (Å²) in [6.45, 7) is 0. The maximum atomic E-state index is 14.3. The summed E-state index contributed by atoms with van der Waals surface area (Å²) in [5, 5.41) is 6.13. The van der Waals surface area contributed by atoms with Gasteiger partial charge in [-0.05, 0) is 37.0 Å². The van der Waals surface area contributed by atoms with E-state index in [1.54, 1.807) is 25.5 Å². The summed E-state index contributed by atoms with van der Waals surface area (Å²) < 4.78 is 14.3. The van der Waals surface area contributed by atoms with E-state index in [1.807, 2.05) is 0 Å². The van der Waals surface area contributed by atoms with Crippen LogP contribution in [0.4, 0.5) is 27.5 Å². The minimum absolute atomic E-state index is 0.284. The van der Waals surface area contributed by atoms with Crippen molar-refractivity contribution in [2.45, 2.75) is 38.0 Å². The summed E-state index contributed by atoms with van der Waals surface area (Å²) in [6.07, 6.45) is 10.5. The van der Waals surface area contributed by atoms with Gasteiger partial charge in [-0.15, -0.1) is 0 Å². The summed E-state index contributed by atoms with van der Waals surface area (Å²) in [5.74, 6) is 0.871. The third-order valence-electron chi connectivity index (χ3n) is 4.81. The van der Waals surface area contributed by atoms with Crippen molar-refractivity contribution in [2.75, 3.05) is 23.4 Å². The molecular weight excluding hydrogens is 357 g/mol. The van der Waals surface area contributed by atoms with Crippen LogP contribution in [0.2, 0.25) is 0 Å². The zero-order valence-corrected chi connectivity index (χ0v) is 16.0. The number of hydrogen-bond donors (Lipinski definition) is 4. The highest BCUT2D eigenvalue weighted by Crippen LogP contribution is 2.37. The van der Waals surface area contributed by atoms with Crippen LogP contribution in [0.25, 0.3) is 0 Å². The molecule has 0 amide bonds. The molecule has 6 N–H and O–H groups in total. The summed E-state index contributed by atoms with van der Waals surface area (Å²) in [7, 11) is 1.65. The first-order valence-corrected chi connectivity index (χ1v) is 9.40. The Kier molecular flexibility index (Phi) is 6.41. The maximum absolute atomic E-state index is 14.3. The molecule has 1 aliphatic carbocycles. The first-order chi connectivity index (χ1) is 13.6. The number of nitrogens with zero attached hydrogens (tertiary/aromatic N) is 3. The number of aromatic nitrogens is 2. The Labute approximate surface area is 164 Å². The van der Waals surface area contributed by atoms with E-state index >= 15 is 0 Å². The highest BCUT2D eigenvalue weighted by Gasteiger charge is 2.21. The van der Waals surface area contributed by atoms with Crippen LogP contribution < -0.4 is 22.1 Å². The maximum Gasteiger partial charge on any atom is 0.229 e. The molecule has 0 unspecified atom stereocenters. The number of nitrogens with one attached hydrogen (secondary N) is 2. The van der Waals surface area contributed by atoms with Crippen molar-refractivity contribution in [3.63, 3.8) is 0 Å². The lowest BCUT2D eigenvalue weighted by Gasteiger charge is -2.24. The number of aliphatic imine (C=N–C) groups is 1. The van der Waals surface area contributed by atoms with Crippen LogP contribution in [-0.2, 0) is 0 Å². The van der Waals surface area contributed by atoms with Gasteiger partial charge in [-0.3, -0.25) is 4.99 Å². The normalized spacial score (nSPS) is 15.7. The van der Waals surface area contributed by atoms with Gasteiger partial charge in [0.25, 0.3) is 0 Å². The average molecular weight is 383 g/mol. The molecule has 0 atom stereocenters. The van der Waals surface area contributed by atoms with Gasteiger partial charge >= 0.3 is 0 Å². The van der Waals surface area contributed by atoms with Crippen molar-refractivity contribution >= 4 is 29.4 Å². The van der Waals surface area contributed by atoms with E-state index in [4.69, 9.17) is 11.5 Å². The molecule has 8 heteroatoms. The van der Waals surface area contributed by atoms with E-state index in [-0.39, 0.29) is 5.69 Å². The number of anilines is 4. The lowest BCUT2D eigenvalue weighted by atomic mass is 9.85. The smallest absolute Gasteiger partial charge is 0.229 e. The van der Waals surface area contributed by atoms with Crippen molar-refractivity contribution in [2.24, 2.45) is 10.7 Å². The fourth-order valence-corrected chi connectivity index (χ4v) is 3.42. The highest BCUT2D eigenvalue weighted by molar-refractivity contribution is 5.82. The topological polar surface area (TPSA) is 114 Å². The van der Waals surface area contributed by atoms with Crippen molar-refractivity contribution in [3.8, 4) is 0 Å². The van der Waals surface area contributed by atoms with Crippen molar-refractivity contribution in [3.05, 3.63) is 47.7 Å². The summed E-state index contributed by atoms with van der Waals surface area (Å²) in [5.41, 5.74) is 13.7. The largest absolute Gasteiger partial charge is 0.403 e. The van der Waals surface area contributed by atoms with Crippen LogP contribution in [0.1, 0.15) is 43.6 Å². The molecule has 0 radical (unpaired) electrons. The molecule has 1 aliphatic rings. The summed E-state index contributed by atoms with van der Waals surface area (Å²) in [4.78, 5) is 12.9. The van der Waals surface area contributed by atoms with E-state index in [1.165, 1.54) is 37.6 Å². The van der Waals surface area contributed by atoms with Crippen molar-refractivity contribution < 1.29 is 4.39 Å². The number of rotatable bonds is 6. The second-order valence-electron chi connectivity index (χ2n) is 6.83. The van der Waals surface area contributed by atoms with E-state index in [9.17, 15) is 4.39 Å². The molecule has 148 valence electrons. The third kappa shape index (κ3) is 4.76. The molecule has 7 nitrogen and oxygen atoms in total. The van der Waals surface area contributed by atoms with Gasteiger partial charge in [-0.25, -0.2) is 9.37 Å². The minimum atomic E-state index is -0.391. The monoisotopic (exact) mass is 383 g/mol. The number of benzene rings is 1. The second-order valence-corrected chi connectivity index (χ2v) is 6.83. The molecule has 1 aromatic carbocycles. The van der Waals surface area contributed by atoms with Gasteiger partial charge in [0.15, 0.2) is 0 Å². The number of halogens is 1. The number of nitrogens with two attached hydrogens (primary N) is 2. The zero-order valence-electron chi connectivity index (χ0n) is 16.0. The fourth-order valence-electron chi connectivity index (χ4n) is 3.42. The molecule has 1 fully saturated rings. The van der Waals surface area contributed by atoms with Crippen molar-refractivity contribution in [1.82, 2.24) is 9.97 Å². The molecule has 1 aromatic heterocycles. The molecular formula is C20H26FN7. The van der Waals surface area contributed by atoms with Crippen LogP contribution in [0.15, 0.2) is 41.3 Å². The Morgan fingerprint density at radius 2 is 2.07 bits per heavy atom. The molecule has 2 aromatic rings. The van der Waals surface area contributed by atoms with E-state index in [0.29, 0.717) is 29.1 Å². The molecule has 28 heavy (non-hydrogen) atoms. The molecule has 0 saturated heterocycles. The highest BCUT2D eigenvalue weighted by atomic mass is 19.1. The van der Waals surface area contributed by atoms with Gasteiger partial charge in [-0.1, -0.05) is 19.3 Å². The first kappa shape index (κ1) is 19.6. The first-order valence-electron chi connectivity index (χ1n) is 9.40. The van der Waals surface area contributed by atoms with Gasteiger partial charge in [0.1, 0.15) is 11.6 Å². The number of nitrogen functional groups attached to an aromatic ring is 1.